The summed E-state index contributed by atoms with van der Waals surface area (Å²) >= 11 is 0. The highest BCUT2D eigenvalue weighted by Gasteiger charge is 2.17. The predicted molar refractivity (Wildman–Crippen MR) is 111 cm³/mol. The van der Waals surface area contributed by atoms with Crippen molar-refractivity contribution in [2.75, 3.05) is 43.1 Å². The largest absolute Gasteiger partial charge is 0.477 e. The van der Waals surface area contributed by atoms with Gasteiger partial charge < -0.3 is 14.4 Å². The molecule has 1 saturated heterocycles. The Labute approximate surface area is 174 Å². The molecule has 0 saturated carbocycles. The summed E-state index contributed by atoms with van der Waals surface area (Å²) in [7, 11) is 0. The summed E-state index contributed by atoms with van der Waals surface area (Å²) < 4.78 is 11.3. The van der Waals surface area contributed by atoms with Crippen LogP contribution in [0.25, 0.3) is 0 Å². The number of carbonyl (C=O) groups is 1. The summed E-state index contributed by atoms with van der Waals surface area (Å²) in [5.41, 5.74) is 1.41. The number of ether oxygens (including phenoxy) is 2. The number of amides is 1. The first-order valence-electron chi connectivity index (χ1n) is 9.74. The van der Waals surface area contributed by atoms with Crippen LogP contribution in [0.1, 0.15) is 16.1 Å². The zero-order valence-corrected chi connectivity index (χ0v) is 16.4. The van der Waals surface area contributed by atoms with Gasteiger partial charge in [-0.05, 0) is 24.3 Å². The van der Waals surface area contributed by atoms with Gasteiger partial charge in [0.15, 0.2) is 0 Å². The summed E-state index contributed by atoms with van der Waals surface area (Å²) in [4.78, 5) is 31.7. The Morgan fingerprint density at radius 1 is 1.10 bits per heavy atom. The number of anilines is 2. The third-order valence-electron chi connectivity index (χ3n) is 4.53. The van der Waals surface area contributed by atoms with E-state index in [1.165, 1.54) is 0 Å². The third kappa shape index (κ3) is 5.26. The van der Waals surface area contributed by atoms with E-state index < -0.39 is 0 Å². The number of nitrogens with one attached hydrogen (secondary N) is 1. The standard InChI is InChI=1S/C21H22N6O3/c28-20(16-4-8-22-9-5-16)26-21-24-18(27-10-13-29-14-11-27)15-19(25-21)30-12-6-17-3-1-2-7-23-17/h1-5,7-9,15H,6,10-14H2,(H,24,25,26,28). The van der Waals surface area contributed by atoms with E-state index in [0.717, 1.165) is 5.69 Å². The number of pyridine rings is 2. The van der Waals surface area contributed by atoms with Crippen LogP contribution in [-0.4, -0.2) is 58.8 Å². The van der Waals surface area contributed by atoms with Crippen LogP contribution in [0.15, 0.2) is 55.0 Å². The molecule has 0 aromatic carbocycles. The van der Waals surface area contributed by atoms with Crippen LogP contribution >= 0.6 is 0 Å². The van der Waals surface area contributed by atoms with Gasteiger partial charge in [0.1, 0.15) is 5.82 Å². The smallest absolute Gasteiger partial charge is 0.258 e. The van der Waals surface area contributed by atoms with Gasteiger partial charge >= 0.3 is 0 Å². The molecule has 0 spiro atoms. The number of carbonyl (C=O) groups excluding carboxylic acids is 1. The first-order chi connectivity index (χ1) is 14.8. The van der Waals surface area contributed by atoms with Gasteiger partial charge in [-0.2, -0.15) is 9.97 Å². The van der Waals surface area contributed by atoms with Crippen LogP contribution in [-0.2, 0) is 11.2 Å². The molecule has 0 unspecified atom stereocenters. The summed E-state index contributed by atoms with van der Waals surface area (Å²) in [6.45, 7) is 3.08. The van der Waals surface area contributed by atoms with Gasteiger partial charge in [0, 0.05) is 55.4 Å². The molecule has 1 aliphatic rings. The molecular formula is C21H22N6O3. The Balaban J connectivity index is 1.50. The molecule has 1 aliphatic heterocycles. The lowest BCUT2D eigenvalue weighted by Gasteiger charge is -2.28. The van der Waals surface area contributed by atoms with Gasteiger partial charge in [-0.3, -0.25) is 20.1 Å². The van der Waals surface area contributed by atoms with Crippen molar-refractivity contribution in [1.82, 2.24) is 19.9 Å². The third-order valence-corrected chi connectivity index (χ3v) is 4.53. The average molecular weight is 406 g/mol. The van der Waals surface area contributed by atoms with Crippen molar-refractivity contribution in [2.45, 2.75) is 6.42 Å². The highest BCUT2D eigenvalue weighted by molar-refractivity contribution is 6.03. The molecule has 30 heavy (non-hydrogen) atoms. The molecule has 1 amide bonds. The Morgan fingerprint density at radius 2 is 1.93 bits per heavy atom. The Bertz CT molecular complexity index is 965. The predicted octanol–water partition coefficient (Wildman–Crippen LogP) is 1.98. The lowest BCUT2D eigenvalue weighted by Crippen LogP contribution is -2.37. The zero-order valence-electron chi connectivity index (χ0n) is 16.4. The number of hydrogen-bond acceptors (Lipinski definition) is 8. The molecule has 4 rings (SSSR count). The second-order valence-electron chi connectivity index (χ2n) is 6.60. The highest BCUT2D eigenvalue weighted by atomic mass is 16.5. The lowest BCUT2D eigenvalue weighted by molar-refractivity contribution is 0.102. The van der Waals surface area contributed by atoms with Gasteiger partial charge in [0.25, 0.3) is 5.91 Å². The first-order valence-corrected chi connectivity index (χ1v) is 9.74. The molecular weight excluding hydrogens is 384 g/mol. The second kappa shape index (κ2) is 9.75. The van der Waals surface area contributed by atoms with Crippen molar-refractivity contribution in [3.63, 3.8) is 0 Å². The second-order valence-corrected chi connectivity index (χ2v) is 6.60. The number of aromatic nitrogens is 4. The maximum atomic E-state index is 12.5. The molecule has 154 valence electrons. The van der Waals surface area contributed by atoms with E-state index in [-0.39, 0.29) is 11.9 Å². The molecule has 9 heteroatoms. The maximum Gasteiger partial charge on any atom is 0.258 e. The Hall–Kier alpha value is -3.59. The van der Waals surface area contributed by atoms with E-state index in [2.05, 4.69) is 30.2 Å². The van der Waals surface area contributed by atoms with Crippen LogP contribution in [0.5, 0.6) is 5.88 Å². The Morgan fingerprint density at radius 3 is 2.70 bits per heavy atom. The van der Waals surface area contributed by atoms with Crippen LogP contribution in [0, 0.1) is 0 Å². The van der Waals surface area contributed by atoms with E-state index in [1.54, 1.807) is 36.8 Å². The molecule has 0 bridgehead atoms. The molecule has 0 radical (unpaired) electrons. The van der Waals surface area contributed by atoms with Crippen molar-refractivity contribution in [3.05, 3.63) is 66.2 Å². The van der Waals surface area contributed by atoms with Gasteiger partial charge in [-0.1, -0.05) is 6.07 Å². The van der Waals surface area contributed by atoms with E-state index in [1.807, 2.05) is 18.2 Å². The summed E-state index contributed by atoms with van der Waals surface area (Å²) in [6, 6.07) is 10.8. The van der Waals surface area contributed by atoms with E-state index >= 15 is 0 Å². The van der Waals surface area contributed by atoms with Crippen LogP contribution < -0.4 is 15.0 Å². The number of hydrogen-bond donors (Lipinski definition) is 1. The zero-order chi connectivity index (χ0) is 20.6. The Kier molecular flexibility index (Phi) is 6.41. The minimum Gasteiger partial charge on any atom is -0.477 e. The number of morpholine rings is 1. The quantitative estimate of drug-likeness (QED) is 0.635. The fourth-order valence-electron chi connectivity index (χ4n) is 2.98. The molecule has 4 heterocycles. The van der Waals surface area contributed by atoms with Crippen molar-refractivity contribution >= 4 is 17.7 Å². The van der Waals surface area contributed by atoms with Crippen molar-refractivity contribution < 1.29 is 14.3 Å². The molecule has 3 aromatic rings. The van der Waals surface area contributed by atoms with Crippen molar-refractivity contribution in [3.8, 4) is 5.88 Å². The van der Waals surface area contributed by atoms with E-state index in [0.29, 0.717) is 56.6 Å². The molecule has 9 nitrogen and oxygen atoms in total. The van der Waals surface area contributed by atoms with Gasteiger partial charge in [-0.15, -0.1) is 0 Å². The van der Waals surface area contributed by atoms with E-state index in [4.69, 9.17) is 9.47 Å². The van der Waals surface area contributed by atoms with Crippen LogP contribution in [0.3, 0.4) is 0 Å². The first kappa shape index (κ1) is 19.7. The molecule has 1 N–H and O–H groups in total. The molecule has 0 aliphatic carbocycles. The van der Waals surface area contributed by atoms with Gasteiger partial charge in [0.2, 0.25) is 11.8 Å². The maximum absolute atomic E-state index is 12.5. The summed E-state index contributed by atoms with van der Waals surface area (Å²) in [5.74, 6) is 0.961. The topological polar surface area (TPSA) is 102 Å². The molecule has 0 atom stereocenters. The average Bonchev–Trinajstić information content (AvgIpc) is 2.81. The van der Waals surface area contributed by atoms with E-state index in [9.17, 15) is 4.79 Å². The van der Waals surface area contributed by atoms with Crippen LogP contribution in [0.4, 0.5) is 11.8 Å². The van der Waals surface area contributed by atoms with Gasteiger partial charge in [-0.25, -0.2) is 0 Å². The fourth-order valence-corrected chi connectivity index (χ4v) is 2.98. The van der Waals surface area contributed by atoms with Crippen molar-refractivity contribution in [2.24, 2.45) is 0 Å². The minimum atomic E-state index is -0.309. The minimum absolute atomic E-state index is 0.189. The van der Waals surface area contributed by atoms with Gasteiger partial charge in [0.05, 0.1) is 19.8 Å². The number of rotatable bonds is 7. The summed E-state index contributed by atoms with van der Waals surface area (Å²) in [6.07, 6.45) is 5.53. The molecule has 1 fully saturated rings. The fraction of sp³-hybridized carbons (Fsp3) is 0.286. The highest BCUT2D eigenvalue weighted by Crippen LogP contribution is 2.21. The molecule has 3 aromatic heterocycles. The number of nitrogens with zero attached hydrogens (tertiary/aromatic N) is 5. The van der Waals surface area contributed by atoms with Crippen LogP contribution in [0.2, 0.25) is 0 Å². The SMILES string of the molecule is O=C(Nc1nc(OCCc2ccccn2)cc(N2CCOCC2)n1)c1ccncc1. The lowest BCUT2D eigenvalue weighted by atomic mass is 10.2. The summed E-state index contributed by atoms with van der Waals surface area (Å²) in [5, 5.41) is 2.75. The van der Waals surface area contributed by atoms with Crippen molar-refractivity contribution in [1.29, 1.82) is 0 Å². The normalized spacial score (nSPS) is 13.7. The monoisotopic (exact) mass is 406 g/mol.